The lowest BCUT2D eigenvalue weighted by molar-refractivity contribution is 0.416. The minimum Gasteiger partial charge on any atom is -0.496 e. The zero-order valence-corrected chi connectivity index (χ0v) is 16.5. The fraction of sp³-hybridized carbons (Fsp3) is 0.158. The number of fused-ring (bicyclic) bond motifs is 1. The van der Waals surface area contributed by atoms with Gasteiger partial charge in [0.15, 0.2) is 11.0 Å². The van der Waals surface area contributed by atoms with E-state index < -0.39 is 0 Å². The number of hydrogen-bond acceptors (Lipinski definition) is 7. The average molecular weight is 396 g/mol. The predicted octanol–water partition coefficient (Wildman–Crippen LogP) is 4.60. The molecule has 0 atom stereocenters. The molecule has 0 aliphatic heterocycles. The Bertz CT molecular complexity index is 1120. The van der Waals surface area contributed by atoms with E-state index >= 15 is 0 Å². The number of rotatable bonds is 6. The molecule has 0 fully saturated rings. The van der Waals surface area contributed by atoms with Gasteiger partial charge in [0.2, 0.25) is 0 Å². The van der Waals surface area contributed by atoms with Crippen LogP contribution in [0.1, 0.15) is 4.88 Å². The third-order valence-corrected chi connectivity index (χ3v) is 5.94. The average Bonchev–Trinajstić information content (AvgIpc) is 3.25. The maximum atomic E-state index is 5.49. The molecule has 8 heteroatoms. The molecule has 0 amide bonds. The molecule has 0 aliphatic carbocycles. The summed E-state index contributed by atoms with van der Waals surface area (Å²) < 4.78 is 7.50. The summed E-state index contributed by atoms with van der Waals surface area (Å²) in [6.07, 6.45) is 3.42. The monoisotopic (exact) mass is 395 g/mol. The van der Waals surface area contributed by atoms with Crippen LogP contribution in [0.2, 0.25) is 0 Å². The van der Waals surface area contributed by atoms with E-state index in [9.17, 15) is 0 Å². The second-order valence-corrected chi connectivity index (χ2v) is 7.95. The zero-order chi connectivity index (χ0) is 18.8. The van der Waals surface area contributed by atoms with E-state index in [1.54, 1.807) is 24.8 Å². The van der Waals surface area contributed by atoms with E-state index in [-0.39, 0.29) is 0 Å². The molecular weight excluding hydrogens is 378 g/mol. The number of thiophene rings is 1. The van der Waals surface area contributed by atoms with E-state index in [1.807, 2.05) is 34.9 Å². The number of ether oxygens (including phenoxy) is 1. The van der Waals surface area contributed by atoms with Gasteiger partial charge in [-0.2, -0.15) is 0 Å². The first-order chi connectivity index (χ1) is 13.2. The molecule has 0 spiro atoms. The molecular formula is C19H17N5OS2. The van der Waals surface area contributed by atoms with Crippen LogP contribution >= 0.6 is 23.1 Å². The summed E-state index contributed by atoms with van der Waals surface area (Å²) in [6.45, 7) is 6.53. The number of benzene rings is 1. The van der Waals surface area contributed by atoms with Gasteiger partial charge < -0.3 is 4.74 Å². The van der Waals surface area contributed by atoms with E-state index in [1.165, 1.54) is 16.6 Å². The maximum Gasteiger partial charge on any atom is 0.198 e. The van der Waals surface area contributed by atoms with Crippen molar-refractivity contribution >= 4 is 33.3 Å². The van der Waals surface area contributed by atoms with Crippen LogP contribution < -0.4 is 4.74 Å². The lowest BCUT2D eigenvalue weighted by Gasteiger charge is -2.10. The fourth-order valence-corrected chi connectivity index (χ4v) is 4.61. The van der Waals surface area contributed by atoms with Gasteiger partial charge in [-0.1, -0.05) is 18.2 Å². The number of nitrogens with zero attached hydrogens (tertiary/aromatic N) is 5. The van der Waals surface area contributed by atoms with E-state index in [4.69, 9.17) is 4.74 Å². The molecule has 0 saturated heterocycles. The summed E-state index contributed by atoms with van der Waals surface area (Å²) in [5, 5.41) is 11.5. The smallest absolute Gasteiger partial charge is 0.198 e. The molecule has 27 heavy (non-hydrogen) atoms. The summed E-state index contributed by atoms with van der Waals surface area (Å²) in [5.74, 6) is 1.49. The Hall–Kier alpha value is -2.71. The van der Waals surface area contributed by atoms with Crippen LogP contribution in [0.15, 0.2) is 59.5 Å². The third kappa shape index (κ3) is 3.33. The van der Waals surface area contributed by atoms with Crippen LogP contribution in [0.5, 0.6) is 5.75 Å². The van der Waals surface area contributed by atoms with Crippen molar-refractivity contribution in [2.45, 2.75) is 23.7 Å². The Balaban J connectivity index is 1.79. The molecule has 0 saturated carbocycles. The van der Waals surface area contributed by atoms with Crippen LogP contribution in [0.25, 0.3) is 21.6 Å². The Kier molecular flexibility index (Phi) is 4.91. The quantitative estimate of drug-likeness (QED) is 0.351. The predicted molar refractivity (Wildman–Crippen MR) is 108 cm³/mol. The van der Waals surface area contributed by atoms with Gasteiger partial charge in [0.1, 0.15) is 21.9 Å². The Morgan fingerprint density at radius 1 is 1.26 bits per heavy atom. The highest BCUT2D eigenvalue weighted by Gasteiger charge is 2.19. The van der Waals surface area contributed by atoms with Crippen LogP contribution in [0, 0.1) is 6.92 Å². The van der Waals surface area contributed by atoms with Gasteiger partial charge in [-0.15, -0.1) is 28.1 Å². The van der Waals surface area contributed by atoms with Crippen molar-refractivity contribution in [2.24, 2.45) is 0 Å². The van der Waals surface area contributed by atoms with Gasteiger partial charge in [-0.05, 0) is 36.9 Å². The molecule has 6 nitrogen and oxygen atoms in total. The first kappa shape index (κ1) is 17.7. The van der Waals surface area contributed by atoms with Crippen molar-refractivity contribution < 1.29 is 4.74 Å². The summed E-state index contributed by atoms with van der Waals surface area (Å²) in [7, 11) is 1.65. The molecule has 0 unspecified atom stereocenters. The number of hydrogen-bond donors (Lipinski definition) is 0. The lowest BCUT2D eigenvalue weighted by Crippen LogP contribution is -2.01. The SMILES string of the molecule is C=CCn1c(Sc2ncnc3sc(C)cc23)nnc1-c1ccccc1OC. The zero-order valence-electron chi connectivity index (χ0n) is 14.9. The molecule has 0 bridgehead atoms. The second kappa shape index (κ2) is 7.50. The van der Waals surface area contributed by atoms with Gasteiger partial charge in [-0.25, -0.2) is 9.97 Å². The molecule has 136 valence electrons. The number of aromatic nitrogens is 5. The normalized spacial score (nSPS) is 11.0. The summed E-state index contributed by atoms with van der Waals surface area (Å²) >= 11 is 3.14. The molecule has 3 heterocycles. The van der Waals surface area contributed by atoms with Crippen molar-refractivity contribution in [1.29, 1.82) is 0 Å². The summed E-state index contributed by atoms with van der Waals surface area (Å²) in [6, 6.07) is 9.89. The first-order valence-electron chi connectivity index (χ1n) is 8.27. The highest BCUT2D eigenvalue weighted by atomic mass is 32.2. The molecule has 0 N–H and O–H groups in total. The van der Waals surface area contributed by atoms with Gasteiger partial charge in [0, 0.05) is 16.8 Å². The molecule has 1 aromatic carbocycles. The van der Waals surface area contributed by atoms with Crippen LogP contribution in [0.4, 0.5) is 0 Å². The standard InChI is InChI=1S/C19H17N5OS2/c1-4-9-24-16(13-7-5-6-8-15(13)25-3)22-23-19(24)27-18-14-10-12(2)26-17(14)20-11-21-18/h4-8,10-11H,1,9H2,2-3H3. The molecule has 4 rings (SSSR count). The van der Waals surface area contributed by atoms with E-state index in [0.717, 1.165) is 37.5 Å². The van der Waals surface area contributed by atoms with Crippen molar-refractivity contribution in [1.82, 2.24) is 24.7 Å². The highest BCUT2D eigenvalue weighted by molar-refractivity contribution is 7.99. The largest absolute Gasteiger partial charge is 0.496 e. The van der Waals surface area contributed by atoms with Gasteiger partial charge in [0.25, 0.3) is 0 Å². The minimum atomic E-state index is 0.583. The highest BCUT2D eigenvalue weighted by Crippen LogP contribution is 2.36. The second-order valence-electron chi connectivity index (χ2n) is 5.76. The lowest BCUT2D eigenvalue weighted by atomic mass is 10.2. The molecule has 0 radical (unpaired) electrons. The molecule has 4 aromatic rings. The third-order valence-electron chi connectivity index (χ3n) is 3.98. The van der Waals surface area contributed by atoms with Gasteiger partial charge in [-0.3, -0.25) is 4.57 Å². The van der Waals surface area contributed by atoms with Crippen LogP contribution in [-0.2, 0) is 6.54 Å². The fourth-order valence-electron chi connectivity index (χ4n) is 2.81. The van der Waals surface area contributed by atoms with Gasteiger partial charge in [0.05, 0.1) is 12.7 Å². The van der Waals surface area contributed by atoms with Crippen molar-refractivity contribution in [3.05, 3.63) is 54.2 Å². The number of para-hydroxylation sites is 1. The van der Waals surface area contributed by atoms with Crippen molar-refractivity contribution in [3.63, 3.8) is 0 Å². The first-order valence-corrected chi connectivity index (χ1v) is 9.91. The topological polar surface area (TPSA) is 65.7 Å². The van der Waals surface area contributed by atoms with E-state index in [0.29, 0.717) is 6.54 Å². The van der Waals surface area contributed by atoms with Crippen LogP contribution in [0.3, 0.4) is 0 Å². The van der Waals surface area contributed by atoms with Gasteiger partial charge >= 0.3 is 0 Å². The molecule has 0 aliphatic rings. The van der Waals surface area contributed by atoms with E-state index in [2.05, 4.69) is 39.7 Å². The maximum absolute atomic E-state index is 5.49. The number of aryl methyl sites for hydroxylation is 1. The van der Waals surface area contributed by atoms with Crippen LogP contribution in [-0.4, -0.2) is 31.8 Å². The van der Waals surface area contributed by atoms with Crippen molar-refractivity contribution in [2.75, 3.05) is 7.11 Å². The number of allylic oxidation sites excluding steroid dienone is 1. The summed E-state index contributed by atoms with van der Waals surface area (Å²) in [4.78, 5) is 11.0. The van der Waals surface area contributed by atoms with Crippen molar-refractivity contribution in [3.8, 4) is 17.1 Å². The number of methoxy groups -OCH3 is 1. The Morgan fingerprint density at radius 2 is 2.11 bits per heavy atom. The summed E-state index contributed by atoms with van der Waals surface area (Å²) in [5.41, 5.74) is 0.889. The minimum absolute atomic E-state index is 0.583. The Labute approximate surface area is 165 Å². The molecule has 3 aromatic heterocycles. The Morgan fingerprint density at radius 3 is 2.93 bits per heavy atom.